The molecule has 0 unspecified atom stereocenters. The summed E-state index contributed by atoms with van der Waals surface area (Å²) in [5, 5.41) is 10.9. The molecule has 0 bridgehead atoms. The van der Waals surface area contributed by atoms with Gasteiger partial charge in [-0.1, -0.05) is 24.3 Å². The van der Waals surface area contributed by atoms with E-state index < -0.39 is 4.92 Å². The maximum atomic E-state index is 13.3. The number of ether oxygens (including phenoxy) is 1. The summed E-state index contributed by atoms with van der Waals surface area (Å²) in [7, 11) is 0. The first-order valence-corrected chi connectivity index (χ1v) is 9.65. The van der Waals surface area contributed by atoms with Gasteiger partial charge in [-0.3, -0.25) is 14.9 Å². The van der Waals surface area contributed by atoms with Crippen molar-refractivity contribution in [3.63, 3.8) is 0 Å². The predicted molar refractivity (Wildman–Crippen MR) is 117 cm³/mol. The largest absolute Gasteiger partial charge is 0.494 e. The average Bonchev–Trinajstić information content (AvgIpc) is 3.22. The van der Waals surface area contributed by atoms with Crippen LogP contribution in [0.1, 0.15) is 28.7 Å². The number of carbonyl (C=O) groups is 1. The van der Waals surface area contributed by atoms with Gasteiger partial charge in [0.25, 0.3) is 5.69 Å². The Kier molecular flexibility index (Phi) is 5.57. The number of nitro benzene ring substituents is 1. The Hall–Kier alpha value is -4.26. The Labute approximate surface area is 177 Å². The molecule has 7 nitrogen and oxygen atoms in total. The number of carbonyl (C=O) groups excluding carboxylic acids is 1. The van der Waals surface area contributed by atoms with Crippen LogP contribution in [0.3, 0.4) is 0 Å². The summed E-state index contributed by atoms with van der Waals surface area (Å²) in [6.45, 7) is 2.46. The highest BCUT2D eigenvalue weighted by Crippen LogP contribution is 2.27. The molecule has 0 spiro atoms. The first-order valence-electron chi connectivity index (χ1n) is 9.65. The molecule has 4 aromatic rings. The van der Waals surface area contributed by atoms with Gasteiger partial charge in [-0.15, -0.1) is 0 Å². The summed E-state index contributed by atoms with van der Waals surface area (Å²) < 4.78 is 11.3. The number of allylic oxidation sites excluding steroid dienone is 1. The molecule has 4 rings (SSSR count). The number of Topliss-reactive ketones (excluding diaryl/α,β-unsaturated/α-hetero) is 1. The topological polar surface area (TPSA) is 95.5 Å². The highest BCUT2D eigenvalue weighted by atomic mass is 16.6. The maximum Gasteiger partial charge on any atom is 0.269 e. The Morgan fingerprint density at radius 3 is 2.42 bits per heavy atom. The van der Waals surface area contributed by atoms with E-state index in [1.807, 2.05) is 43.3 Å². The third-order valence-corrected chi connectivity index (χ3v) is 4.61. The fourth-order valence-corrected chi connectivity index (χ4v) is 3.10. The monoisotopic (exact) mass is 414 g/mol. The summed E-state index contributed by atoms with van der Waals surface area (Å²) in [5.74, 6) is 0.554. The van der Waals surface area contributed by atoms with Crippen molar-refractivity contribution in [2.75, 3.05) is 6.61 Å². The number of nitrogens with zero attached hydrogens (tertiary/aromatic N) is 2. The van der Waals surface area contributed by atoms with E-state index >= 15 is 0 Å². The number of para-hydroxylation sites is 2. The van der Waals surface area contributed by atoms with Crippen LogP contribution in [0.4, 0.5) is 5.69 Å². The number of non-ortho nitro benzene ring substituents is 1. The summed E-state index contributed by atoms with van der Waals surface area (Å²) in [6.07, 6.45) is 1.68. The molecule has 7 heteroatoms. The molecule has 1 aromatic heterocycles. The lowest BCUT2D eigenvalue weighted by Gasteiger charge is -2.06. The van der Waals surface area contributed by atoms with E-state index in [-0.39, 0.29) is 22.9 Å². The van der Waals surface area contributed by atoms with Crippen LogP contribution in [0.2, 0.25) is 0 Å². The number of benzene rings is 3. The molecule has 0 fully saturated rings. The number of rotatable bonds is 7. The predicted octanol–water partition coefficient (Wildman–Crippen LogP) is 5.56. The first kappa shape index (κ1) is 20.0. The van der Waals surface area contributed by atoms with Crippen molar-refractivity contribution in [3.8, 4) is 5.75 Å². The summed E-state index contributed by atoms with van der Waals surface area (Å²) >= 11 is 0. The standard InChI is InChI=1S/C24H18N2O5/c1-2-30-19-13-7-16(8-14-19)15-20(24-25-21-5-3-4-6-22(21)31-24)23(27)17-9-11-18(12-10-17)26(28)29/h3-15H,2H2,1H3. The molecule has 1 heterocycles. The smallest absolute Gasteiger partial charge is 0.269 e. The number of nitro groups is 1. The lowest BCUT2D eigenvalue weighted by Crippen LogP contribution is -2.03. The van der Waals surface area contributed by atoms with Gasteiger partial charge in [-0.2, -0.15) is 0 Å². The van der Waals surface area contributed by atoms with Crippen LogP contribution < -0.4 is 4.74 Å². The van der Waals surface area contributed by atoms with Crippen molar-refractivity contribution in [1.82, 2.24) is 4.98 Å². The zero-order valence-corrected chi connectivity index (χ0v) is 16.6. The lowest BCUT2D eigenvalue weighted by atomic mass is 10.0. The zero-order chi connectivity index (χ0) is 21.8. The molecule has 0 N–H and O–H groups in total. The van der Waals surface area contributed by atoms with Gasteiger partial charge in [-0.05, 0) is 55.0 Å². The van der Waals surface area contributed by atoms with Crippen molar-refractivity contribution in [1.29, 1.82) is 0 Å². The van der Waals surface area contributed by atoms with Gasteiger partial charge in [0.2, 0.25) is 5.89 Å². The maximum absolute atomic E-state index is 13.3. The highest BCUT2D eigenvalue weighted by Gasteiger charge is 2.21. The second-order valence-electron chi connectivity index (χ2n) is 6.68. The average molecular weight is 414 g/mol. The highest BCUT2D eigenvalue weighted by molar-refractivity contribution is 6.31. The molecule has 0 saturated heterocycles. The third-order valence-electron chi connectivity index (χ3n) is 4.61. The van der Waals surface area contributed by atoms with E-state index in [0.717, 1.165) is 11.3 Å². The second-order valence-corrected chi connectivity index (χ2v) is 6.68. The third kappa shape index (κ3) is 4.35. The van der Waals surface area contributed by atoms with Crippen molar-refractivity contribution in [2.24, 2.45) is 0 Å². The molecular formula is C24H18N2O5. The van der Waals surface area contributed by atoms with E-state index in [1.165, 1.54) is 24.3 Å². The Bertz CT molecular complexity index is 1240. The molecule has 3 aromatic carbocycles. The molecule has 0 aliphatic rings. The van der Waals surface area contributed by atoms with Crippen LogP contribution in [0, 0.1) is 10.1 Å². The van der Waals surface area contributed by atoms with Crippen LogP contribution in [-0.2, 0) is 0 Å². The molecule has 0 radical (unpaired) electrons. The minimum atomic E-state index is -0.508. The van der Waals surface area contributed by atoms with Crippen LogP contribution in [-0.4, -0.2) is 22.3 Å². The summed E-state index contributed by atoms with van der Waals surface area (Å²) in [6, 6.07) is 20.0. The van der Waals surface area contributed by atoms with Gasteiger partial charge in [-0.25, -0.2) is 4.98 Å². The fraction of sp³-hybridized carbons (Fsp3) is 0.0833. The van der Waals surface area contributed by atoms with E-state index in [0.29, 0.717) is 23.3 Å². The molecule has 31 heavy (non-hydrogen) atoms. The van der Waals surface area contributed by atoms with Crippen molar-refractivity contribution in [3.05, 3.63) is 99.9 Å². The Morgan fingerprint density at radius 2 is 1.77 bits per heavy atom. The molecule has 154 valence electrons. The number of fused-ring (bicyclic) bond motifs is 1. The molecule has 0 aliphatic heterocycles. The number of oxazole rings is 1. The number of hydrogen-bond acceptors (Lipinski definition) is 6. The molecule has 0 amide bonds. The lowest BCUT2D eigenvalue weighted by molar-refractivity contribution is -0.384. The summed E-state index contributed by atoms with van der Waals surface area (Å²) in [4.78, 5) is 28.2. The van der Waals surface area contributed by atoms with Crippen molar-refractivity contribution >= 4 is 34.2 Å². The van der Waals surface area contributed by atoms with Crippen LogP contribution in [0.5, 0.6) is 5.75 Å². The van der Waals surface area contributed by atoms with E-state index in [2.05, 4.69) is 4.98 Å². The quantitative estimate of drug-likeness (QED) is 0.170. The van der Waals surface area contributed by atoms with Gasteiger partial charge in [0, 0.05) is 17.7 Å². The summed E-state index contributed by atoms with van der Waals surface area (Å²) in [5.41, 5.74) is 2.41. The van der Waals surface area contributed by atoms with Crippen LogP contribution in [0.25, 0.3) is 22.7 Å². The van der Waals surface area contributed by atoms with E-state index in [1.54, 1.807) is 18.2 Å². The molecular weight excluding hydrogens is 396 g/mol. The van der Waals surface area contributed by atoms with Crippen molar-refractivity contribution < 1.29 is 18.9 Å². The second kappa shape index (κ2) is 8.62. The zero-order valence-electron chi connectivity index (χ0n) is 16.6. The molecule has 0 saturated carbocycles. The minimum Gasteiger partial charge on any atom is -0.494 e. The van der Waals surface area contributed by atoms with Gasteiger partial charge >= 0.3 is 0 Å². The Balaban J connectivity index is 1.77. The first-order chi connectivity index (χ1) is 15.0. The van der Waals surface area contributed by atoms with Gasteiger partial charge < -0.3 is 9.15 Å². The van der Waals surface area contributed by atoms with Crippen LogP contribution in [0.15, 0.2) is 77.2 Å². The van der Waals surface area contributed by atoms with E-state index in [9.17, 15) is 14.9 Å². The van der Waals surface area contributed by atoms with Gasteiger partial charge in [0.1, 0.15) is 11.3 Å². The number of hydrogen-bond donors (Lipinski definition) is 0. The molecule has 0 atom stereocenters. The Morgan fingerprint density at radius 1 is 1.06 bits per heavy atom. The van der Waals surface area contributed by atoms with Crippen molar-refractivity contribution in [2.45, 2.75) is 6.92 Å². The van der Waals surface area contributed by atoms with Gasteiger partial charge in [0.05, 0.1) is 17.1 Å². The number of aromatic nitrogens is 1. The van der Waals surface area contributed by atoms with E-state index in [4.69, 9.17) is 9.15 Å². The van der Waals surface area contributed by atoms with Gasteiger partial charge in [0.15, 0.2) is 11.4 Å². The minimum absolute atomic E-state index is 0.0875. The molecule has 0 aliphatic carbocycles. The fourth-order valence-electron chi connectivity index (χ4n) is 3.10. The normalized spacial score (nSPS) is 11.5. The van der Waals surface area contributed by atoms with Crippen LogP contribution >= 0.6 is 0 Å². The number of ketones is 1. The SMILES string of the molecule is CCOc1ccc(C=C(C(=O)c2ccc([N+](=O)[O-])cc2)c2nc3ccccc3o2)cc1.